The lowest BCUT2D eigenvalue weighted by atomic mass is 9.90. The highest BCUT2D eigenvalue weighted by molar-refractivity contribution is 6.30. The quantitative estimate of drug-likeness (QED) is 0.840. The molecule has 0 spiro atoms. The van der Waals surface area contributed by atoms with Gasteiger partial charge in [0, 0.05) is 18.3 Å². The van der Waals surface area contributed by atoms with E-state index in [1.165, 1.54) is 0 Å². The van der Waals surface area contributed by atoms with Crippen molar-refractivity contribution in [2.75, 3.05) is 0 Å². The molecule has 2 atom stereocenters. The Morgan fingerprint density at radius 3 is 2.07 bits per heavy atom. The predicted molar refractivity (Wildman–Crippen MR) is 56.3 cm³/mol. The molecule has 1 N–H and O–H groups in total. The van der Waals surface area contributed by atoms with Crippen LogP contribution in [0.15, 0.2) is 12.4 Å². The number of nitrogens with zero attached hydrogens (tertiary/aromatic N) is 2. The first kappa shape index (κ1) is 11.4. The molecule has 4 heteroatoms. The van der Waals surface area contributed by atoms with Crippen molar-refractivity contribution in [3.8, 4) is 0 Å². The zero-order chi connectivity index (χ0) is 10.7. The van der Waals surface area contributed by atoms with Gasteiger partial charge in [-0.3, -0.25) is 0 Å². The lowest BCUT2D eigenvalue weighted by Crippen LogP contribution is -2.22. The largest absolute Gasteiger partial charge is 0.393 e. The van der Waals surface area contributed by atoms with Crippen molar-refractivity contribution in [2.45, 2.75) is 32.8 Å². The zero-order valence-corrected chi connectivity index (χ0v) is 9.36. The molecule has 0 saturated carbocycles. The summed E-state index contributed by atoms with van der Waals surface area (Å²) in [6, 6.07) is 0. The van der Waals surface area contributed by atoms with Crippen molar-refractivity contribution in [3.05, 3.63) is 23.2 Å². The van der Waals surface area contributed by atoms with Crippen molar-refractivity contribution in [3.63, 3.8) is 0 Å². The molecule has 3 nitrogen and oxygen atoms in total. The smallest absolute Gasteiger partial charge is 0.134 e. The molecule has 0 radical (unpaired) electrons. The third-order valence-electron chi connectivity index (χ3n) is 2.18. The first-order valence-electron chi connectivity index (χ1n) is 4.68. The van der Waals surface area contributed by atoms with Gasteiger partial charge in [-0.15, -0.1) is 0 Å². The van der Waals surface area contributed by atoms with E-state index in [1.54, 1.807) is 19.3 Å². The van der Waals surface area contributed by atoms with Crippen LogP contribution >= 0.6 is 11.6 Å². The van der Waals surface area contributed by atoms with E-state index < -0.39 is 6.10 Å². The van der Waals surface area contributed by atoms with Crippen LogP contribution in [0.2, 0.25) is 5.02 Å². The number of aliphatic hydroxyl groups is 1. The second kappa shape index (κ2) is 4.71. The van der Waals surface area contributed by atoms with Crippen LogP contribution in [0.1, 0.15) is 32.5 Å². The molecule has 1 aromatic rings. The summed E-state index contributed by atoms with van der Waals surface area (Å²) in [5.74, 6) is 0.919. The monoisotopic (exact) mass is 214 g/mol. The summed E-state index contributed by atoms with van der Waals surface area (Å²) in [6.45, 7) is 5.83. The first-order chi connectivity index (χ1) is 6.52. The molecule has 2 unspecified atom stereocenters. The van der Waals surface area contributed by atoms with Crippen molar-refractivity contribution >= 4 is 11.6 Å². The Kier molecular flexibility index (Phi) is 3.84. The topological polar surface area (TPSA) is 46.0 Å². The van der Waals surface area contributed by atoms with E-state index in [2.05, 4.69) is 9.97 Å². The van der Waals surface area contributed by atoms with Gasteiger partial charge in [0.2, 0.25) is 0 Å². The van der Waals surface area contributed by atoms with Crippen LogP contribution in [0.5, 0.6) is 0 Å². The molecule has 14 heavy (non-hydrogen) atoms. The third-order valence-corrected chi connectivity index (χ3v) is 2.37. The van der Waals surface area contributed by atoms with Gasteiger partial charge in [-0.1, -0.05) is 25.4 Å². The van der Waals surface area contributed by atoms with Crippen LogP contribution in [-0.2, 0) is 0 Å². The molecule has 1 rings (SSSR count). The van der Waals surface area contributed by atoms with E-state index in [4.69, 9.17) is 11.6 Å². The van der Waals surface area contributed by atoms with Crippen LogP contribution < -0.4 is 0 Å². The summed E-state index contributed by atoms with van der Waals surface area (Å²) >= 11 is 5.69. The summed E-state index contributed by atoms with van der Waals surface area (Å²) in [5.41, 5.74) is 0. The molecule has 0 fully saturated rings. The fourth-order valence-electron chi connectivity index (χ4n) is 1.57. The number of aliphatic hydroxyl groups excluding tert-OH is 1. The summed E-state index contributed by atoms with van der Waals surface area (Å²) in [7, 11) is 0. The van der Waals surface area contributed by atoms with Gasteiger partial charge in [0.25, 0.3) is 0 Å². The molecule has 1 heterocycles. The van der Waals surface area contributed by atoms with E-state index >= 15 is 0 Å². The normalized spacial score (nSPS) is 15.6. The third kappa shape index (κ3) is 2.66. The van der Waals surface area contributed by atoms with Gasteiger partial charge in [0.15, 0.2) is 0 Å². The van der Waals surface area contributed by atoms with E-state index in [1.807, 2.05) is 13.8 Å². The van der Waals surface area contributed by atoms with Gasteiger partial charge in [0.05, 0.1) is 11.1 Å². The van der Waals surface area contributed by atoms with Gasteiger partial charge in [-0.05, 0) is 12.8 Å². The Labute approximate surface area is 89.2 Å². The van der Waals surface area contributed by atoms with Gasteiger partial charge in [-0.2, -0.15) is 0 Å². The van der Waals surface area contributed by atoms with Crippen molar-refractivity contribution in [1.82, 2.24) is 9.97 Å². The highest BCUT2D eigenvalue weighted by Gasteiger charge is 2.23. The average Bonchev–Trinajstić information content (AvgIpc) is 2.07. The summed E-state index contributed by atoms with van der Waals surface area (Å²) in [6.07, 6.45) is 2.67. The Morgan fingerprint density at radius 2 is 1.71 bits per heavy atom. The predicted octanol–water partition coefficient (Wildman–Crippen LogP) is 2.25. The van der Waals surface area contributed by atoms with Crippen molar-refractivity contribution in [2.24, 2.45) is 5.92 Å². The minimum Gasteiger partial charge on any atom is -0.393 e. The molecule has 0 aromatic carbocycles. The second-order valence-corrected chi connectivity index (χ2v) is 4.21. The number of halogens is 1. The average molecular weight is 215 g/mol. The fraction of sp³-hybridized carbons (Fsp3) is 0.600. The Hall–Kier alpha value is -0.670. The minimum absolute atomic E-state index is 0.0349. The lowest BCUT2D eigenvalue weighted by molar-refractivity contribution is 0.136. The Balaban J connectivity index is 2.94. The van der Waals surface area contributed by atoms with E-state index in [0.717, 1.165) is 0 Å². The van der Waals surface area contributed by atoms with Crippen LogP contribution in [0.3, 0.4) is 0 Å². The first-order valence-corrected chi connectivity index (χ1v) is 5.05. The molecular formula is C10H15ClN2O. The van der Waals surface area contributed by atoms with Crippen molar-refractivity contribution in [1.29, 1.82) is 0 Å². The van der Waals surface area contributed by atoms with E-state index in [-0.39, 0.29) is 5.92 Å². The fourth-order valence-corrected chi connectivity index (χ4v) is 1.66. The molecule has 0 saturated heterocycles. The SMILES string of the molecule is CC(C)C(c1ncc(Cl)cn1)C(C)O. The van der Waals surface area contributed by atoms with Crippen LogP contribution in [0, 0.1) is 5.92 Å². The van der Waals surface area contributed by atoms with Crippen LogP contribution in [0.4, 0.5) is 0 Å². The van der Waals surface area contributed by atoms with Crippen molar-refractivity contribution < 1.29 is 5.11 Å². The number of rotatable bonds is 3. The summed E-state index contributed by atoms with van der Waals surface area (Å²) in [4.78, 5) is 8.24. The van der Waals surface area contributed by atoms with Gasteiger partial charge in [0.1, 0.15) is 5.82 Å². The summed E-state index contributed by atoms with van der Waals surface area (Å²) < 4.78 is 0. The van der Waals surface area contributed by atoms with Gasteiger partial charge in [-0.25, -0.2) is 9.97 Å². The minimum atomic E-state index is -0.448. The molecule has 0 bridgehead atoms. The number of hydrogen-bond donors (Lipinski definition) is 1. The molecule has 0 amide bonds. The molecule has 0 aliphatic carbocycles. The van der Waals surface area contributed by atoms with Gasteiger partial charge < -0.3 is 5.11 Å². The maximum Gasteiger partial charge on any atom is 0.134 e. The van der Waals surface area contributed by atoms with E-state index in [9.17, 15) is 5.11 Å². The molecule has 78 valence electrons. The molecule has 1 aromatic heterocycles. The maximum absolute atomic E-state index is 9.59. The second-order valence-electron chi connectivity index (χ2n) is 3.77. The van der Waals surface area contributed by atoms with E-state index in [0.29, 0.717) is 16.8 Å². The van der Waals surface area contributed by atoms with Gasteiger partial charge >= 0.3 is 0 Å². The highest BCUT2D eigenvalue weighted by atomic mass is 35.5. The Morgan fingerprint density at radius 1 is 1.21 bits per heavy atom. The van der Waals surface area contributed by atoms with Crippen LogP contribution in [0.25, 0.3) is 0 Å². The summed E-state index contributed by atoms with van der Waals surface area (Å²) in [5, 5.41) is 10.1. The Bertz CT molecular complexity index is 277. The zero-order valence-electron chi connectivity index (χ0n) is 8.61. The molecule has 0 aliphatic heterocycles. The standard InChI is InChI=1S/C10H15ClN2O/c1-6(2)9(7(3)14)10-12-4-8(11)5-13-10/h4-7,9,14H,1-3H3. The lowest BCUT2D eigenvalue weighted by Gasteiger charge is -2.21. The number of aromatic nitrogens is 2. The molecular weight excluding hydrogens is 200 g/mol. The molecule has 0 aliphatic rings. The highest BCUT2D eigenvalue weighted by Crippen LogP contribution is 2.25. The van der Waals surface area contributed by atoms with Crippen LogP contribution in [-0.4, -0.2) is 21.2 Å². The number of hydrogen-bond acceptors (Lipinski definition) is 3. The maximum atomic E-state index is 9.59.